The molecule has 0 N–H and O–H groups in total. The van der Waals surface area contributed by atoms with E-state index >= 15 is 0 Å². The first-order chi connectivity index (χ1) is 15.2. The van der Waals surface area contributed by atoms with E-state index in [9.17, 15) is 9.59 Å². The van der Waals surface area contributed by atoms with E-state index in [1.165, 1.54) is 14.0 Å². The van der Waals surface area contributed by atoms with Gasteiger partial charge in [0, 0.05) is 18.9 Å². The first-order valence-corrected chi connectivity index (χ1v) is 17.5. The second-order valence-electron chi connectivity index (χ2n) is 11.8. The predicted molar refractivity (Wildman–Crippen MR) is 143 cm³/mol. The molecule has 0 aliphatic carbocycles. The highest BCUT2D eigenvalue weighted by Gasteiger charge is 2.41. The Bertz CT molecular complexity index is 907. The maximum atomic E-state index is 12.2. The molecule has 0 spiro atoms. The summed E-state index contributed by atoms with van der Waals surface area (Å²) in [6.07, 6.45) is -0.665. The van der Waals surface area contributed by atoms with Crippen molar-refractivity contribution in [3.05, 3.63) is 35.9 Å². The molecule has 0 bridgehead atoms. The second kappa shape index (κ2) is 10.7. The molecule has 0 aromatic heterocycles. The number of hydrogen-bond donors (Lipinski definition) is 0. The number of carbonyl (C=O) groups is 2. The molecular formula is C26H44O6Si2. The Labute approximate surface area is 208 Å². The minimum absolute atomic E-state index is 0.00845. The Kier molecular flexibility index (Phi) is 9.42. The van der Waals surface area contributed by atoms with E-state index in [1.807, 2.05) is 18.2 Å². The number of esters is 2. The monoisotopic (exact) mass is 508 g/mol. The molecular weight excluding hydrogens is 464 g/mol. The summed E-state index contributed by atoms with van der Waals surface area (Å²) in [7, 11) is -2.97. The molecule has 0 fully saturated rings. The van der Waals surface area contributed by atoms with Crippen LogP contribution in [0.15, 0.2) is 30.4 Å². The third-order valence-electron chi connectivity index (χ3n) is 6.93. The topological polar surface area (TPSA) is 71.1 Å². The first-order valence-electron chi connectivity index (χ1n) is 11.7. The van der Waals surface area contributed by atoms with Crippen LogP contribution in [0.1, 0.15) is 54.0 Å². The van der Waals surface area contributed by atoms with Gasteiger partial charge in [0.2, 0.25) is 16.6 Å². The van der Waals surface area contributed by atoms with Gasteiger partial charge in [-0.2, -0.15) is 0 Å². The van der Waals surface area contributed by atoms with Gasteiger partial charge in [-0.15, -0.1) is 0 Å². The Morgan fingerprint density at radius 3 is 1.88 bits per heavy atom. The van der Waals surface area contributed by atoms with Crippen molar-refractivity contribution in [3.8, 4) is 11.5 Å². The Morgan fingerprint density at radius 1 is 0.941 bits per heavy atom. The van der Waals surface area contributed by atoms with Gasteiger partial charge in [0.1, 0.15) is 17.6 Å². The van der Waals surface area contributed by atoms with Crippen LogP contribution in [0.3, 0.4) is 0 Å². The summed E-state index contributed by atoms with van der Waals surface area (Å²) in [5.74, 6) is 0.306. The lowest BCUT2D eigenvalue weighted by molar-refractivity contribution is -0.146. The number of hydrogen-bond acceptors (Lipinski definition) is 6. The minimum atomic E-state index is -2.16. The molecule has 0 amide bonds. The summed E-state index contributed by atoms with van der Waals surface area (Å²) in [4.78, 5) is 24.0. The average Bonchev–Trinajstić information content (AvgIpc) is 2.65. The number of rotatable bonds is 9. The van der Waals surface area contributed by atoms with Crippen LogP contribution in [0.2, 0.25) is 36.3 Å². The Morgan fingerprint density at radius 2 is 1.44 bits per heavy atom. The van der Waals surface area contributed by atoms with Crippen molar-refractivity contribution in [1.82, 2.24) is 0 Å². The van der Waals surface area contributed by atoms with Crippen LogP contribution >= 0.6 is 0 Å². The van der Waals surface area contributed by atoms with Crippen LogP contribution in [0, 0.1) is 0 Å². The van der Waals surface area contributed by atoms with Gasteiger partial charge in [-0.1, -0.05) is 48.1 Å². The highest BCUT2D eigenvalue weighted by molar-refractivity contribution is 6.75. The smallest absolute Gasteiger partial charge is 0.336 e. The zero-order valence-corrected chi connectivity index (χ0v) is 25.2. The highest BCUT2D eigenvalue weighted by atomic mass is 28.4. The quantitative estimate of drug-likeness (QED) is 0.211. The van der Waals surface area contributed by atoms with E-state index in [1.54, 1.807) is 0 Å². The molecule has 1 aromatic rings. The van der Waals surface area contributed by atoms with Crippen molar-refractivity contribution >= 4 is 28.6 Å². The van der Waals surface area contributed by atoms with E-state index < -0.39 is 34.7 Å². The molecule has 0 aliphatic rings. The summed E-state index contributed by atoms with van der Waals surface area (Å²) >= 11 is 0. The fraction of sp³-hybridized carbons (Fsp3) is 0.615. The lowest BCUT2D eigenvalue weighted by atomic mass is 10.0. The molecule has 1 atom stereocenters. The summed E-state index contributed by atoms with van der Waals surface area (Å²) in [5.41, 5.74) is 0.865. The maximum Gasteiger partial charge on any atom is 0.336 e. The zero-order valence-electron chi connectivity index (χ0n) is 23.2. The van der Waals surface area contributed by atoms with E-state index in [4.69, 9.17) is 18.3 Å². The van der Waals surface area contributed by atoms with Crippen molar-refractivity contribution in [3.63, 3.8) is 0 Å². The van der Waals surface area contributed by atoms with Gasteiger partial charge in [-0.3, -0.25) is 4.79 Å². The second-order valence-corrected chi connectivity index (χ2v) is 21.3. The van der Waals surface area contributed by atoms with Crippen LogP contribution < -0.4 is 8.85 Å². The van der Waals surface area contributed by atoms with Crippen molar-refractivity contribution in [1.29, 1.82) is 0 Å². The number of ether oxygens (including phenoxy) is 2. The third kappa shape index (κ3) is 7.73. The SMILES string of the molecule is C=C(C(=O)OC)C(Cc1cc(O[Si](C)(C)C(C)(C)C)ccc1O[Si](C)(C)C(C)(C)C)OC(C)=O. The third-order valence-corrected chi connectivity index (χ3v) is 15.6. The first kappa shape index (κ1) is 30.0. The van der Waals surface area contributed by atoms with E-state index in [2.05, 4.69) is 74.3 Å². The van der Waals surface area contributed by atoms with Gasteiger partial charge < -0.3 is 18.3 Å². The fourth-order valence-electron chi connectivity index (χ4n) is 2.65. The molecule has 0 aliphatic heterocycles. The lowest BCUT2D eigenvalue weighted by Gasteiger charge is -2.38. The summed E-state index contributed by atoms with van der Waals surface area (Å²) in [6.45, 7) is 26.9. The van der Waals surface area contributed by atoms with Crippen molar-refractivity contribution in [2.45, 2.75) is 97.3 Å². The van der Waals surface area contributed by atoms with Crippen LogP contribution in [0.5, 0.6) is 11.5 Å². The largest absolute Gasteiger partial charge is 0.543 e. The molecule has 1 aromatic carbocycles. The summed E-state index contributed by atoms with van der Waals surface area (Å²) in [5, 5.41) is 0.0222. The molecule has 1 rings (SSSR count). The Hall–Kier alpha value is -2.07. The average molecular weight is 509 g/mol. The molecule has 8 heteroatoms. The van der Waals surface area contributed by atoms with Crippen LogP contribution in [0.4, 0.5) is 0 Å². The van der Waals surface area contributed by atoms with Gasteiger partial charge >= 0.3 is 11.9 Å². The zero-order chi connectivity index (χ0) is 26.7. The van der Waals surface area contributed by atoms with Gasteiger partial charge in [0.05, 0.1) is 12.7 Å². The number of carbonyl (C=O) groups excluding carboxylic acids is 2. The standard InChI is InChI=1S/C26H44O6Si2/c1-18(24(28)29-9)23(30-19(2)27)17-20-16-21(31-33(10,11)25(3,4)5)14-15-22(20)32-34(12,13)26(6,7)8/h14-16,23H,1,17H2,2-13H3. The van der Waals surface area contributed by atoms with Crippen LogP contribution in [0.25, 0.3) is 0 Å². The van der Waals surface area contributed by atoms with Crippen molar-refractivity contribution < 1.29 is 27.9 Å². The van der Waals surface area contributed by atoms with Gasteiger partial charge in [-0.05, 0) is 54.5 Å². The van der Waals surface area contributed by atoms with Gasteiger partial charge in [-0.25, -0.2) is 4.79 Å². The van der Waals surface area contributed by atoms with Gasteiger partial charge in [0.25, 0.3) is 0 Å². The Balaban J connectivity index is 3.54. The number of methoxy groups -OCH3 is 1. The summed E-state index contributed by atoms with van der Waals surface area (Å²) in [6, 6.07) is 5.79. The number of benzene rings is 1. The maximum absolute atomic E-state index is 12.2. The van der Waals surface area contributed by atoms with Crippen LogP contribution in [-0.4, -0.2) is 41.8 Å². The van der Waals surface area contributed by atoms with E-state index in [0.717, 1.165) is 11.3 Å². The van der Waals surface area contributed by atoms with Crippen molar-refractivity contribution in [2.75, 3.05) is 7.11 Å². The van der Waals surface area contributed by atoms with E-state index in [0.29, 0.717) is 5.75 Å². The molecule has 192 valence electrons. The molecule has 0 saturated heterocycles. The molecule has 0 heterocycles. The van der Waals surface area contributed by atoms with Gasteiger partial charge in [0.15, 0.2) is 0 Å². The molecule has 34 heavy (non-hydrogen) atoms. The lowest BCUT2D eigenvalue weighted by Crippen LogP contribution is -2.44. The normalized spacial score (nSPS) is 13.6. The minimum Gasteiger partial charge on any atom is -0.543 e. The van der Waals surface area contributed by atoms with Crippen molar-refractivity contribution in [2.24, 2.45) is 0 Å². The highest BCUT2D eigenvalue weighted by Crippen LogP contribution is 2.41. The van der Waals surface area contributed by atoms with E-state index in [-0.39, 0.29) is 22.1 Å². The molecule has 0 radical (unpaired) electrons. The predicted octanol–water partition coefficient (Wildman–Crippen LogP) is 6.66. The molecule has 1 unspecified atom stereocenters. The van der Waals surface area contributed by atoms with Crippen LogP contribution in [-0.2, 0) is 25.5 Å². The molecule has 0 saturated carbocycles. The summed E-state index contributed by atoms with van der Waals surface area (Å²) < 4.78 is 23.4. The molecule has 6 nitrogen and oxygen atoms in total. The fourth-order valence-corrected chi connectivity index (χ4v) is 4.73.